The summed E-state index contributed by atoms with van der Waals surface area (Å²) in [5, 5.41) is 3.48. The van der Waals surface area contributed by atoms with Crippen LogP contribution in [0.25, 0.3) is 0 Å². The van der Waals surface area contributed by atoms with Gasteiger partial charge in [0.1, 0.15) is 0 Å². The zero-order valence-corrected chi connectivity index (χ0v) is 12.5. The van der Waals surface area contributed by atoms with Crippen molar-refractivity contribution in [3.05, 3.63) is 0 Å². The minimum absolute atomic E-state index is 0.575. The van der Waals surface area contributed by atoms with Gasteiger partial charge in [0.05, 0.1) is 0 Å². The lowest BCUT2D eigenvalue weighted by Gasteiger charge is -2.40. The summed E-state index contributed by atoms with van der Waals surface area (Å²) in [6.45, 7) is 7.66. The van der Waals surface area contributed by atoms with E-state index >= 15 is 0 Å². The molecule has 1 aliphatic carbocycles. The summed E-state index contributed by atoms with van der Waals surface area (Å²) >= 11 is 0. The second-order valence-corrected chi connectivity index (χ2v) is 6.90. The van der Waals surface area contributed by atoms with E-state index in [2.05, 4.69) is 24.2 Å². The standard InChI is InChI=1S/C16H32N2/c1-15-7-11-18(12-8-15)14-16(13-17-2)9-5-3-4-6-10-16/h15,17H,3-14H2,1-2H3. The van der Waals surface area contributed by atoms with Crippen molar-refractivity contribution in [2.45, 2.75) is 58.3 Å². The highest BCUT2D eigenvalue weighted by Gasteiger charge is 2.33. The van der Waals surface area contributed by atoms with Crippen LogP contribution in [0.15, 0.2) is 0 Å². The van der Waals surface area contributed by atoms with Crippen LogP contribution < -0.4 is 5.32 Å². The lowest BCUT2D eigenvalue weighted by atomic mass is 9.79. The molecule has 2 aliphatic rings. The van der Waals surface area contributed by atoms with Crippen LogP contribution in [0.4, 0.5) is 0 Å². The highest BCUT2D eigenvalue weighted by Crippen LogP contribution is 2.36. The van der Waals surface area contributed by atoms with Gasteiger partial charge in [-0.05, 0) is 57.2 Å². The molecule has 2 fully saturated rings. The summed E-state index contributed by atoms with van der Waals surface area (Å²) in [5.74, 6) is 0.954. The van der Waals surface area contributed by atoms with Crippen molar-refractivity contribution in [2.75, 3.05) is 33.2 Å². The minimum Gasteiger partial charge on any atom is -0.319 e. The molecule has 1 saturated heterocycles. The third-order valence-electron chi connectivity index (χ3n) is 5.15. The monoisotopic (exact) mass is 252 g/mol. The molecular weight excluding hydrogens is 220 g/mol. The average Bonchev–Trinajstić information content (AvgIpc) is 2.59. The second kappa shape index (κ2) is 6.91. The fourth-order valence-electron chi connectivity index (χ4n) is 3.94. The Morgan fingerprint density at radius 3 is 2.22 bits per heavy atom. The molecule has 0 radical (unpaired) electrons. The maximum atomic E-state index is 3.48. The second-order valence-electron chi connectivity index (χ2n) is 6.90. The Morgan fingerprint density at radius 2 is 1.67 bits per heavy atom. The molecule has 0 unspecified atom stereocenters. The number of nitrogens with one attached hydrogen (secondary N) is 1. The molecule has 1 N–H and O–H groups in total. The van der Waals surface area contributed by atoms with Gasteiger partial charge in [-0.15, -0.1) is 0 Å². The third-order valence-corrected chi connectivity index (χ3v) is 5.15. The van der Waals surface area contributed by atoms with Crippen molar-refractivity contribution in [3.8, 4) is 0 Å². The summed E-state index contributed by atoms with van der Waals surface area (Å²) in [6, 6.07) is 0. The quantitative estimate of drug-likeness (QED) is 0.773. The van der Waals surface area contributed by atoms with E-state index in [1.165, 1.54) is 77.5 Å². The van der Waals surface area contributed by atoms with Crippen LogP contribution in [0.1, 0.15) is 58.3 Å². The third kappa shape index (κ3) is 3.96. The van der Waals surface area contributed by atoms with Crippen LogP contribution in [-0.2, 0) is 0 Å². The smallest absolute Gasteiger partial charge is 0.00501 e. The molecule has 1 aliphatic heterocycles. The molecule has 0 aromatic carbocycles. The molecule has 0 aromatic heterocycles. The van der Waals surface area contributed by atoms with E-state index in [1.807, 2.05) is 0 Å². The van der Waals surface area contributed by atoms with Gasteiger partial charge in [0.25, 0.3) is 0 Å². The van der Waals surface area contributed by atoms with E-state index in [0.29, 0.717) is 5.41 Å². The van der Waals surface area contributed by atoms with Crippen molar-refractivity contribution in [3.63, 3.8) is 0 Å². The zero-order valence-electron chi connectivity index (χ0n) is 12.5. The summed E-state index contributed by atoms with van der Waals surface area (Å²) in [6.07, 6.45) is 11.5. The van der Waals surface area contributed by atoms with E-state index < -0.39 is 0 Å². The van der Waals surface area contributed by atoms with E-state index in [1.54, 1.807) is 0 Å². The van der Waals surface area contributed by atoms with E-state index in [9.17, 15) is 0 Å². The van der Waals surface area contributed by atoms with Crippen LogP contribution in [-0.4, -0.2) is 38.1 Å². The summed E-state index contributed by atoms with van der Waals surface area (Å²) in [4.78, 5) is 2.75. The van der Waals surface area contributed by atoms with E-state index in [4.69, 9.17) is 0 Å². The molecule has 0 atom stereocenters. The van der Waals surface area contributed by atoms with Gasteiger partial charge < -0.3 is 10.2 Å². The Labute approximate surface area is 114 Å². The van der Waals surface area contributed by atoms with Crippen LogP contribution in [0, 0.1) is 11.3 Å². The highest BCUT2D eigenvalue weighted by atomic mass is 15.1. The molecular formula is C16H32N2. The predicted molar refractivity (Wildman–Crippen MR) is 78.9 cm³/mol. The van der Waals surface area contributed by atoms with Gasteiger partial charge in [0.15, 0.2) is 0 Å². The van der Waals surface area contributed by atoms with Gasteiger partial charge in [-0.3, -0.25) is 0 Å². The molecule has 0 bridgehead atoms. The van der Waals surface area contributed by atoms with Crippen LogP contribution in [0.3, 0.4) is 0 Å². The number of nitrogens with zero attached hydrogens (tertiary/aromatic N) is 1. The number of hydrogen-bond donors (Lipinski definition) is 1. The summed E-state index contributed by atoms with van der Waals surface area (Å²) < 4.78 is 0. The predicted octanol–water partition coefficient (Wildman–Crippen LogP) is 3.28. The zero-order chi connectivity index (χ0) is 12.8. The first kappa shape index (κ1) is 14.3. The molecule has 2 rings (SSSR count). The van der Waals surface area contributed by atoms with Crippen molar-refractivity contribution in [1.82, 2.24) is 10.2 Å². The summed E-state index contributed by atoms with van der Waals surface area (Å²) in [7, 11) is 2.13. The largest absolute Gasteiger partial charge is 0.319 e. The molecule has 1 saturated carbocycles. The molecule has 1 heterocycles. The van der Waals surface area contributed by atoms with Crippen molar-refractivity contribution >= 4 is 0 Å². The number of hydrogen-bond acceptors (Lipinski definition) is 2. The molecule has 2 nitrogen and oxygen atoms in total. The van der Waals surface area contributed by atoms with E-state index in [0.717, 1.165) is 5.92 Å². The lowest BCUT2D eigenvalue weighted by molar-refractivity contribution is 0.0993. The van der Waals surface area contributed by atoms with Gasteiger partial charge >= 0.3 is 0 Å². The lowest BCUT2D eigenvalue weighted by Crippen LogP contribution is -2.45. The molecule has 2 heteroatoms. The molecule has 0 aromatic rings. The molecule has 0 spiro atoms. The van der Waals surface area contributed by atoms with Gasteiger partial charge in [0, 0.05) is 13.1 Å². The fraction of sp³-hybridized carbons (Fsp3) is 1.00. The Hall–Kier alpha value is -0.0800. The SMILES string of the molecule is CNCC1(CN2CCC(C)CC2)CCCCCC1. The van der Waals surface area contributed by atoms with E-state index in [-0.39, 0.29) is 0 Å². The number of piperidine rings is 1. The number of rotatable bonds is 4. The van der Waals surface area contributed by atoms with Gasteiger partial charge in [-0.2, -0.15) is 0 Å². The van der Waals surface area contributed by atoms with Crippen molar-refractivity contribution in [1.29, 1.82) is 0 Å². The first-order chi connectivity index (χ1) is 8.74. The molecule has 0 amide bonds. The van der Waals surface area contributed by atoms with Crippen molar-refractivity contribution in [2.24, 2.45) is 11.3 Å². The maximum Gasteiger partial charge on any atom is 0.00501 e. The topological polar surface area (TPSA) is 15.3 Å². The van der Waals surface area contributed by atoms with Crippen LogP contribution in [0.2, 0.25) is 0 Å². The molecule has 18 heavy (non-hydrogen) atoms. The molecule has 106 valence electrons. The minimum atomic E-state index is 0.575. The number of likely N-dealkylation sites (tertiary alicyclic amines) is 1. The van der Waals surface area contributed by atoms with Crippen molar-refractivity contribution < 1.29 is 0 Å². The first-order valence-corrected chi connectivity index (χ1v) is 8.11. The van der Waals surface area contributed by atoms with Crippen LogP contribution in [0.5, 0.6) is 0 Å². The summed E-state index contributed by atoms with van der Waals surface area (Å²) in [5.41, 5.74) is 0.575. The van der Waals surface area contributed by atoms with Gasteiger partial charge in [-0.1, -0.05) is 32.6 Å². The van der Waals surface area contributed by atoms with Crippen LogP contribution >= 0.6 is 0 Å². The first-order valence-electron chi connectivity index (χ1n) is 8.11. The van der Waals surface area contributed by atoms with Gasteiger partial charge in [0.2, 0.25) is 0 Å². The Kier molecular flexibility index (Phi) is 5.50. The van der Waals surface area contributed by atoms with Gasteiger partial charge in [-0.25, -0.2) is 0 Å². The highest BCUT2D eigenvalue weighted by molar-refractivity contribution is 4.87. The fourth-order valence-corrected chi connectivity index (χ4v) is 3.94. The normalized spacial score (nSPS) is 27.0. The Bertz CT molecular complexity index is 223. The Balaban J connectivity index is 1.91. The Morgan fingerprint density at radius 1 is 1.06 bits per heavy atom. The maximum absolute atomic E-state index is 3.48. The average molecular weight is 252 g/mol.